The predicted octanol–water partition coefficient (Wildman–Crippen LogP) is -1.50. The number of amides is 1. The van der Waals surface area contributed by atoms with Crippen LogP contribution in [0.15, 0.2) is 0 Å². The minimum atomic E-state index is -5.12. The topological polar surface area (TPSA) is 237 Å². The van der Waals surface area contributed by atoms with Crippen LogP contribution in [0.5, 0.6) is 0 Å². The standard InChI is InChI=1S/C25H45NO15S/c1-14(28)26-16-15(19(39-42(33,34)35)22(3,10-27)40-23(16,4)12-37-8)9-38-13-24(5)18(30)17(29)21(2,11-36-7)25(6,41-24)20(31)32/h15-19,27,29-30H,9-13H2,1-8H3,(H,26,28)(H,31,32)(H,33,34,35)/t15-,16?,17-,18?,19+,21-,22?,23-,24-,25?/m0/s1. The van der Waals surface area contributed by atoms with Crippen molar-refractivity contribution in [3.63, 3.8) is 0 Å². The maximum atomic E-state index is 12.4. The van der Waals surface area contributed by atoms with Crippen LogP contribution in [0.2, 0.25) is 0 Å². The summed E-state index contributed by atoms with van der Waals surface area (Å²) < 4.78 is 66.6. The molecule has 6 N–H and O–H groups in total. The van der Waals surface area contributed by atoms with Gasteiger partial charge in [0.05, 0.1) is 50.6 Å². The van der Waals surface area contributed by atoms with E-state index in [1.54, 1.807) is 6.92 Å². The molecule has 246 valence electrons. The number of aliphatic hydroxyl groups is 3. The second-order valence-corrected chi connectivity index (χ2v) is 13.2. The molecule has 10 atom stereocenters. The number of hydrogen-bond donors (Lipinski definition) is 6. The smallest absolute Gasteiger partial charge is 0.397 e. The van der Waals surface area contributed by atoms with E-state index in [-0.39, 0.29) is 13.2 Å². The van der Waals surface area contributed by atoms with Crippen LogP contribution in [0.1, 0.15) is 41.5 Å². The molecule has 0 bridgehead atoms. The number of aliphatic hydroxyl groups excluding tert-OH is 3. The Bertz CT molecular complexity index is 1090. The van der Waals surface area contributed by atoms with Gasteiger partial charge >= 0.3 is 16.4 Å². The second-order valence-electron chi connectivity index (χ2n) is 12.1. The summed E-state index contributed by atoms with van der Waals surface area (Å²) in [5.74, 6) is -3.12. The number of ether oxygens (including phenoxy) is 5. The van der Waals surface area contributed by atoms with Crippen LogP contribution in [0.4, 0.5) is 0 Å². The monoisotopic (exact) mass is 631 g/mol. The van der Waals surface area contributed by atoms with E-state index >= 15 is 0 Å². The number of methoxy groups -OCH3 is 2. The number of nitrogens with one attached hydrogen (secondary N) is 1. The number of aliphatic carboxylic acids is 1. The maximum Gasteiger partial charge on any atom is 0.397 e. The van der Waals surface area contributed by atoms with Crippen LogP contribution >= 0.6 is 0 Å². The summed E-state index contributed by atoms with van der Waals surface area (Å²) in [5.41, 5.74) is -8.60. The molecule has 4 unspecified atom stereocenters. The molecule has 2 aliphatic rings. The molecule has 2 fully saturated rings. The largest absolute Gasteiger partial charge is 0.479 e. The molecule has 16 nitrogen and oxygen atoms in total. The van der Waals surface area contributed by atoms with Gasteiger partial charge in [-0.15, -0.1) is 0 Å². The van der Waals surface area contributed by atoms with Crippen molar-refractivity contribution in [1.82, 2.24) is 5.32 Å². The Morgan fingerprint density at radius 2 is 1.48 bits per heavy atom. The van der Waals surface area contributed by atoms with E-state index in [9.17, 15) is 43.0 Å². The molecular formula is C25H45NO15S. The van der Waals surface area contributed by atoms with Gasteiger partial charge in [0.1, 0.15) is 29.0 Å². The number of carboxylic acids is 1. The molecule has 1 amide bonds. The van der Waals surface area contributed by atoms with E-state index in [1.807, 2.05) is 0 Å². The molecule has 2 rings (SSSR count). The molecule has 0 aromatic carbocycles. The Kier molecular flexibility index (Phi) is 11.2. The first-order valence-electron chi connectivity index (χ1n) is 13.2. The van der Waals surface area contributed by atoms with Gasteiger partial charge in [0.2, 0.25) is 5.91 Å². The zero-order chi connectivity index (χ0) is 32.5. The number of carbonyl (C=O) groups is 2. The van der Waals surface area contributed by atoms with Crippen molar-refractivity contribution in [1.29, 1.82) is 0 Å². The van der Waals surface area contributed by atoms with Crippen LogP contribution < -0.4 is 5.32 Å². The van der Waals surface area contributed by atoms with Crippen molar-refractivity contribution in [2.45, 2.75) is 88.3 Å². The summed E-state index contributed by atoms with van der Waals surface area (Å²) >= 11 is 0. The molecule has 0 aromatic rings. The van der Waals surface area contributed by atoms with E-state index < -0.39 is 100 Å². The van der Waals surface area contributed by atoms with Gasteiger partial charge in [-0.05, 0) is 27.7 Å². The first-order chi connectivity index (χ1) is 19.1. The van der Waals surface area contributed by atoms with Gasteiger partial charge in [0.15, 0.2) is 5.60 Å². The minimum Gasteiger partial charge on any atom is -0.479 e. The lowest BCUT2D eigenvalue weighted by Crippen LogP contribution is -2.74. The second kappa shape index (κ2) is 12.8. The highest BCUT2D eigenvalue weighted by atomic mass is 32.3. The summed E-state index contributed by atoms with van der Waals surface area (Å²) in [6, 6.07) is -1.08. The number of carbonyl (C=O) groups excluding carboxylic acids is 1. The van der Waals surface area contributed by atoms with Gasteiger partial charge < -0.3 is 49.4 Å². The highest BCUT2D eigenvalue weighted by Crippen LogP contribution is 2.49. The molecule has 0 aliphatic carbocycles. The molecule has 2 aliphatic heterocycles. The SMILES string of the molecule is COC[C@@]1(C)[C@@H](O)C(O)[C@](C)(COC[C@H]2C(NC(C)=O)[C@](C)(COC)OC(C)(CO)[C@@H]2OS(=O)(=O)O)OC1(C)C(=O)O. The van der Waals surface area contributed by atoms with Gasteiger partial charge in [0, 0.05) is 27.1 Å². The van der Waals surface area contributed by atoms with Gasteiger partial charge in [0.25, 0.3) is 0 Å². The summed E-state index contributed by atoms with van der Waals surface area (Å²) in [6.45, 7) is 5.93. The summed E-state index contributed by atoms with van der Waals surface area (Å²) in [7, 11) is -2.44. The van der Waals surface area contributed by atoms with Crippen molar-refractivity contribution >= 4 is 22.3 Å². The third-order valence-electron chi connectivity index (χ3n) is 8.53. The zero-order valence-electron chi connectivity index (χ0n) is 25.1. The van der Waals surface area contributed by atoms with Crippen LogP contribution in [0.25, 0.3) is 0 Å². The fourth-order valence-electron chi connectivity index (χ4n) is 6.16. The molecule has 2 saturated heterocycles. The van der Waals surface area contributed by atoms with Crippen LogP contribution in [-0.2, 0) is 47.9 Å². The Morgan fingerprint density at radius 3 is 1.93 bits per heavy atom. The molecular weight excluding hydrogens is 586 g/mol. The molecule has 17 heteroatoms. The molecule has 2 heterocycles. The Hall–Kier alpha value is -1.51. The Labute approximate surface area is 245 Å². The summed E-state index contributed by atoms with van der Waals surface area (Å²) in [6.07, 6.45) is -4.93. The first kappa shape index (κ1) is 36.7. The minimum absolute atomic E-state index is 0.136. The van der Waals surface area contributed by atoms with Crippen LogP contribution in [0, 0.1) is 11.3 Å². The van der Waals surface area contributed by atoms with Gasteiger partial charge in [-0.25, -0.2) is 8.98 Å². The number of carboxylic acid groups (broad SMARTS) is 1. The van der Waals surface area contributed by atoms with E-state index in [0.717, 1.165) is 0 Å². The van der Waals surface area contributed by atoms with Crippen molar-refractivity contribution < 1.29 is 70.9 Å². The third kappa shape index (κ3) is 6.91. The predicted molar refractivity (Wildman–Crippen MR) is 143 cm³/mol. The van der Waals surface area contributed by atoms with Crippen LogP contribution in [-0.4, -0.2) is 139 Å². The highest BCUT2D eigenvalue weighted by molar-refractivity contribution is 7.80. The van der Waals surface area contributed by atoms with E-state index in [2.05, 4.69) is 5.32 Å². The van der Waals surface area contributed by atoms with E-state index in [0.29, 0.717) is 0 Å². The lowest BCUT2D eigenvalue weighted by molar-refractivity contribution is -0.326. The summed E-state index contributed by atoms with van der Waals surface area (Å²) in [5, 5.41) is 45.2. The van der Waals surface area contributed by atoms with Crippen molar-refractivity contribution in [3.8, 4) is 0 Å². The number of rotatable bonds is 13. The van der Waals surface area contributed by atoms with E-state index in [4.69, 9.17) is 27.9 Å². The van der Waals surface area contributed by atoms with E-state index in [1.165, 1.54) is 48.8 Å². The van der Waals surface area contributed by atoms with Gasteiger partial charge in [-0.1, -0.05) is 6.92 Å². The van der Waals surface area contributed by atoms with Crippen molar-refractivity contribution in [2.75, 3.05) is 47.3 Å². The lowest BCUT2D eigenvalue weighted by Gasteiger charge is -2.57. The Morgan fingerprint density at radius 1 is 0.905 bits per heavy atom. The highest BCUT2D eigenvalue weighted by Gasteiger charge is 2.67. The van der Waals surface area contributed by atoms with Gasteiger partial charge in [-0.2, -0.15) is 8.42 Å². The maximum absolute atomic E-state index is 12.4. The first-order valence-corrected chi connectivity index (χ1v) is 14.6. The van der Waals surface area contributed by atoms with Crippen molar-refractivity contribution in [2.24, 2.45) is 11.3 Å². The lowest BCUT2D eigenvalue weighted by atomic mass is 9.64. The molecule has 0 saturated carbocycles. The fraction of sp³-hybridized carbons (Fsp3) is 0.920. The zero-order valence-corrected chi connectivity index (χ0v) is 26.0. The quantitative estimate of drug-likeness (QED) is 0.127. The average molecular weight is 632 g/mol. The molecule has 0 radical (unpaired) electrons. The summed E-state index contributed by atoms with van der Waals surface area (Å²) in [4.78, 5) is 24.6. The van der Waals surface area contributed by atoms with Gasteiger partial charge in [-0.3, -0.25) is 9.35 Å². The molecule has 0 aromatic heterocycles. The van der Waals surface area contributed by atoms with Crippen molar-refractivity contribution in [3.05, 3.63) is 0 Å². The Balaban J connectivity index is 2.52. The molecule has 42 heavy (non-hydrogen) atoms. The molecule has 0 spiro atoms. The average Bonchev–Trinajstić information content (AvgIpc) is 2.85. The van der Waals surface area contributed by atoms with Crippen LogP contribution in [0.3, 0.4) is 0 Å². The normalized spacial score (nSPS) is 42.7. The number of hydrogen-bond acceptors (Lipinski definition) is 13. The fourth-order valence-corrected chi connectivity index (χ4v) is 6.77. The third-order valence-corrected chi connectivity index (χ3v) is 8.98.